The molecule has 0 bridgehead atoms. The molecule has 0 spiro atoms. The van der Waals surface area contributed by atoms with E-state index in [1.165, 1.54) is 12.1 Å². The highest BCUT2D eigenvalue weighted by Gasteiger charge is 2.42. The van der Waals surface area contributed by atoms with Crippen LogP contribution in [0.3, 0.4) is 0 Å². The van der Waals surface area contributed by atoms with Crippen LogP contribution in [0, 0.1) is 11.7 Å². The smallest absolute Gasteiger partial charge is 0.230 e. The lowest BCUT2D eigenvalue weighted by atomic mass is 9.78. The van der Waals surface area contributed by atoms with Gasteiger partial charge in [-0.1, -0.05) is 25.0 Å². The predicted molar refractivity (Wildman–Crippen MR) is 96.0 cm³/mol. The lowest BCUT2D eigenvalue weighted by Crippen LogP contribution is -2.44. The fraction of sp³-hybridized carbons (Fsp3) is 0.650. The Morgan fingerprint density at radius 2 is 2.04 bits per heavy atom. The Labute approximate surface area is 149 Å². The predicted octanol–water partition coefficient (Wildman–Crippen LogP) is 2.72. The first-order valence-electron chi connectivity index (χ1n) is 9.40. The van der Waals surface area contributed by atoms with Gasteiger partial charge < -0.3 is 15.0 Å². The molecule has 3 rings (SSSR count). The van der Waals surface area contributed by atoms with Crippen molar-refractivity contribution in [3.63, 3.8) is 0 Å². The normalized spacial score (nSPS) is 23.0. The van der Waals surface area contributed by atoms with Crippen molar-refractivity contribution in [1.29, 1.82) is 0 Å². The molecule has 1 atom stereocenters. The molecule has 4 nitrogen and oxygen atoms in total. The minimum Gasteiger partial charge on any atom is -0.383 e. The van der Waals surface area contributed by atoms with E-state index in [1.54, 1.807) is 19.2 Å². The number of amides is 1. The van der Waals surface area contributed by atoms with Gasteiger partial charge in [-0.2, -0.15) is 0 Å². The second-order valence-electron chi connectivity index (χ2n) is 7.45. The van der Waals surface area contributed by atoms with E-state index in [4.69, 9.17) is 4.74 Å². The molecule has 1 unspecified atom stereocenters. The molecule has 1 aromatic carbocycles. The van der Waals surface area contributed by atoms with Crippen LogP contribution < -0.4 is 5.32 Å². The number of likely N-dealkylation sites (tertiary alicyclic amines) is 1. The van der Waals surface area contributed by atoms with Gasteiger partial charge in [-0.25, -0.2) is 4.39 Å². The van der Waals surface area contributed by atoms with E-state index in [2.05, 4.69) is 10.2 Å². The topological polar surface area (TPSA) is 41.6 Å². The first kappa shape index (κ1) is 18.3. The number of halogens is 1. The number of nitrogens with one attached hydrogen (secondary N) is 1. The summed E-state index contributed by atoms with van der Waals surface area (Å²) in [6, 6.07) is 6.49. The Morgan fingerprint density at radius 1 is 1.32 bits per heavy atom. The summed E-state index contributed by atoms with van der Waals surface area (Å²) in [6.45, 7) is 4.54. The molecule has 5 heteroatoms. The first-order chi connectivity index (χ1) is 12.1. The van der Waals surface area contributed by atoms with E-state index in [-0.39, 0.29) is 11.7 Å². The van der Waals surface area contributed by atoms with Gasteiger partial charge >= 0.3 is 0 Å². The number of carbonyl (C=O) groups excluding carboxylic acids is 1. The molecule has 1 aromatic rings. The second kappa shape index (κ2) is 8.28. The number of hydrogen-bond acceptors (Lipinski definition) is 3. The molecule has 1 aliphatic heterocycles. The summed E-state index contributed by atoms with van der Waals surface area (Å²) in [6.07, 6.45) is 4.94. The number of hydrogen-bond donors (Lipinski definition) is 1. The van der Waals surface area contributed by atoms with Crippen LogP contribution in [0.5, 0.6) is 0 Å². The van der Waals surface area contributed by atoms with Crippen LogP contribution in [0.4, 0.5) is 4.39 Å². The standard InChI is InChI=1S/C20H29FN2O2/c1-25-13-12-23-11-8-16(15-23)14-22-19(24)20(9-2-3-10-20)17-4-6-18(21)7-5-17/h4-7,16H,2-3,8-15H2,1H3,(H,22,24). The highest BCUT2D eigenvalue weighted by molar-refractivity contribution is 5.88. The van der Waals surface area contributed by atoms with Gasteiger partial charge in [-0.3, -0.25) is 4.79 Å². The van der Waals surface area contributed by atoms with Gasteiger partial charge in [0.25, 0.3) is 0 Å². The van der Waals surface area contributed by atoms with Crippen molar-refractivity contribution >= 4 is 5.91 Å². The summed E-state index contributed by atoms with van der Waals surface area (Å²) in [7, 11) is 1.73. The summed E-state index contributed by atoms with van der Waals surface area (Å²) < 4.78 is 18.4. The van der Waals surface area contributed by atoms with Crippen LogP contribution in [0.25, 0.3) is 0 Å². The average Bonchev–Trinajstić information content (AvgIpc) is 3.29. The van der Waals surface area contributed by atoms with E-state index in [0.29, 0.717) is 5.92 Å². The molecule has 1 saturated heterocycles. The number of carbonyl (C=O) groups is 1. The average molecular weight is 348 g/mol. The van der Waals surface area contributed by atoms with E-state index < -0.39 is 5.41 Å². The van der Waals surface area contributed by atoms with Crippen LogP contribution in [-0.4, -0.2) is 50.7 Å². The van der Waals surface area contributed by atoms with E-state index >= 15 is 0 Å². The third-order valence-corrected chi connectivity index (χ3v) is 5.82. The van der Waals surface area contributed by atoms with Crippen LogP contribution >= 0.6 is 0 Å². The number of nitrogens with zero attached hydrogens (tertiary/aromatic N) is 1. The number of rotatable bonds is 7. The quantitative estimate of drug-likeness (QED) is 0.824. The van der Waals surface area contributed by atoms with E-state index in [9.17, 15) is 9.18 Å². The Hall–Kier alpha value is -1.46. The number of methoxy groups -OCH3 is 1. The molecule has 1 heterocycles. The van der Waals surface area contributed by atoms with Gasteiger partial charge in [0.2, 0.25) is 5.91 Å². The molecule has 0 radical (unpaired) electrons. The van der Waals surface area contributed by atoms with Gasteiger partial charge in [0, 0.05) is 26.7 Å². The van der Waals surface area contributed by atoms with Gasteiger partial charge in [0.15, 0.2) is 0 Å². The maximum atomic E-state index is 13.3. The lowest BCUT2D eigenvalue weighted by molar-refractivity contribution is -0.126. The second-order valence-corrected chi connectivity index (χ2v) is 7.45. The van der Waals surface area contributed by atoms with Gasteiger partial charge in [0.1, 0.15) is 5.82 Å². The zero-order valence-electron chi connectivity index (χ0n) is 15.1. The Bertz CT molecular complexity index is 570. The lowest BCUT2D eigenvalue weighted by Gasteiger charge is -2.29. The molecule has 0 aromatic heterocycles. The summed E-state index contributed by atoms with van der Waals surface area (Å²) in [5.41, 5.74) is 0.485. The fourth-order valence-electron chi connectivity index (χ4n) is 4.30. The van der Waals surface area contributed by atoms with Crippen molar-refractivity contribution in [1.82, 2.24) is 10.2 Å². The van der Waals surface area contributed by atoms with Crippen LogP contribution in [0.1, 0.15) is 37.7 Å². The molecular formula is C20H29FN2O2. The van der Waals surface area contributed by atoms with Crippen molar-refractivity contribution in [2.75, 3.05) is 39.9 Å². The van der Waals surface area contributed by atoms with Crippen molar-refractivity contribution in [2.45, 2.75) is 37.5 Å². The molecule has 1 saturated carbocycles. The van der Waals surface area contributed by atoms with E-state index in [0.717, 1.165) is 70.5 Å². The Balaban J connectivity index is 1.58. The molecular weight excluding hydrogens is 319 g/mol. The Kier molecular flexibility index (Phi) is 6.07. The molecule has 2 aliphatic rings. The van der Waals surface area contributed by atoms with Gasteiger partial charge in [-0.15, -0.1) is 0 Å². The minimum atomic E-state index is -0.470. The molecule has 2 fully saturated rings. The summed E-state index contributed by atoms with van der Waals surface area (Å²) in [5, 5.41) is 3.21. The monoisotopic (exact) mass is 348 g/mol. The molecule has 1 amide bonds. The first-order valence-corrected chi connectivity index (χ1v) is 9.40. The molecule has 25 heavy (non-hydrogen) atoms. The third-order valence-electron chi connectivity index (χ3n) is 5.82. The largest absolute Gasteiger partial charge is 0.383 e. The third kappa shape index (κ3) is 4.21. The SMILES string of the molecule is COCCN1CCC(CNC(=O)C2(c3ccc(F)cc3)CCCC2)C1. The van der Waals surface area contributed by atoms with E-state index in [1.807, 2.05) is 0 Å². The zero-order valence-corrected chi connectivity index (χ0v) is 15.1. The molecule has 138 valence electrons. The fourth-order valence-corrected chi connectivity index (χ4v) is 4.30. The van der Waals surface area contributed by atoms with Crippen LogP contribution in [-0.2, 0) is 14.9 Å². The van der Waals surface area contributed by atoms with Crippen molar-refractivity contribution in [3.8, 4) is 0 Å². The number of benzene rings is 1. The highest BCUT2D eigenvalue weighted by Crippen LogP contribution is 2.41. The van der Waals surface area contributed by atoms with Crippen LogP contribution in [0.2, 0.25) is 0 Å². The van der Waals surface area contributed by atoms with Crippen molar-refractivity contribution < 1.29 is 13.9 Å². The summed E-state index contributed by atoms with van der Waals surface area (Å²) >= 11 is 0. The minimum absolute atomic E-state index is 0.118. The maximum absolute atomic E-state index is 13.3. The van der Waals surface area contributed by atoms with Crippen molar-refractivity contribution in [3.05, 3.63) is 35.6 Å². The summed E-state index contributed by atoms with van der Waals surface area (Å²) in [4.78, 5) is 15.4. The highest BCUT2D eigenvalue weighted by atomic mass is 19.1. The molecule has 1 N–H and O–H groups in total. The van der Waals surface area contributed by atoms with Crippen LogP contribution in [0.15, 0.2) is 24.3 Å². The summed E-state index contributed by atoms with van der Waals surface area (Å²) in [5.74, 6) is 0.374. The Morgan fingerprint density at radius 3 is 2.72 bits per heavy atom. The number of ether oxygens (including phenoxy) is 1. The van der Waals surface area contributed by atoms with Gasteiger partial charge in [-0.05, 0) is 49.4 Å². The zero-order chi connectivity index (χ0) is 17.7. The van der Waals surface area contributed by atoms with Crippen molar-refractivity contribution in [2.24, 2.45) is 5.92 Å². The molecule has 1 aliphatic carbocycles. The van der Waals surface area contributed by atoms with Gasteiger partial charge in [0.05, 0.1) is 12.0 Å². The maximum Gasteiger partial charge on any atom is 0.230 e.